The summed E-state index contributed by atoms with van der Waals surface area (Å²) in [5.74, 6) is 2.03. The van der Waals surface area contributed by atoms with Crippen LogP contribution in [0.15, 0.2) is 0 Å². The molecule has 0 spiro atoms. The first-order valence-corrected chi connectivity index (χ1v) is 7.79. The largest absolute Gasteiger partial charge is 0.323 e. The Hall–Kier alpha value is -0.0400. The highest BCUT2D eigenvalue weighted by atomic mass is 14.7. The summed E-state index contributed by atoms with van der Waals surface area (Å²) >= 11 is 0. The van der Waals surface area contributed by atoms with E-state index in [9.17, 15) is 0 Å². The zero-order valence-corrected chi connectivity index (χ0v) is 14.5. The van der Waals surface area contributed by atoms with Crippen LogP contribution >= 0.6 is 0 Å². The minimum Gasteiger partial charge on any atom is -0.323 e. The van der Waals surface area contributed by atoms with Gasteiger partial charge in [0.25, 0.3) is 0 Å². The van der Waals surface area contributed by atoms with Crippen LogP contribution in [0.3, 0.4) is 0 Å². The molecule has 1 N–H and O–H groups in total. The summed E-state index contributed by atoms with van der Waals surface area (Å²) in [6, 6.07) is 0. The Morgan fingerprint density at radius 3 is 1.06 bits per heavy atom. The molecule has 0 bridgehead atoms. The van der Waals surface area contributed by atoms with Crippen LogP contribution in [-0.2, 0) is 0 Å². The summed E-state index contributed by atoms with van der Waals surface area (Å²) in [5.41, 5.74) is 0. The van der Waals surface area contributed by atoms with E-state index < -0.39 is 0 Å². The molecule has 0 aromatic carbocycles. The summed E-state index contributed by atoms with van der Waals surface area (Å²) in [6.45, 7) is 16.7. The molecule has 0 saturated heterocycles. The minimum atomic E-state index is 1.01. The Morgan fingerprint density at radius 2 is 0.941 bits per heavy atom. The van der Waals surface area contributed by atoms with Crippen molar-refractivity contribution in [1.82, 2.24) is 5.32 Å². The summed E-state index contributed by atoms with van der Waals surface area (Å²) in [5, 5.41) is 2.75. The molecule has 0 radical (unpaired) electrons. The van der Waals surface area contributed by atoms with Gasteiger partial charge in [-0.3, -0.25) is 0 Å². The van der Waals surface area contributed by atoms with Gasteiger partial charge in [-0.05, 0) is 32.4 Å². The Labute approximate surface area is 113 Å². The Morgan fingerprint density at radius 1 is 0.706 bits per heavy atom. The third-order valence-corrected chi connectivity index (χ3v) is 2.20. The number of hydrogen-bond acceptors (Lipinski definition) is 1. The molecule has 1 aliphatic rings. The van der Waals surface area contributed by atoms with Crippen molar-refractivity contribution in [2.75, 3.05) is 14.1 Å². The van der Waals surface area contributed by atoms with Crippen molar-refractivity contribution in [3.05, 3.63) is 0 Å². The van der Waals surface area contributed by atoms with E-state index in [-0.39, 0.29) is 0 Å². The predicted molar refractivity (Wildman–Crippen MR) is 85.8 cm³/mol. The maximum Gasteiger partial charge on any atom is -0.0167 e. The van der Waals surface area contributed by atoms with Gasteiger partial charge in [0, 0.05) is 0 Å². The van der Waals surface area contributed by atoms with Crippen LogP contribution < -0.4 is 5.32 Å². The van der Waals surface area contributed by atoms with E-state index in [1.165, 1.54) is 25.7 Å². The number of hydrogen-bond donors (Lipinski definition) is 1. The standard InChI is InChI=1S/C8H16.C2H7N.3C2H6/c1-7-4-3-5-8(2)6-7;1-3-2;3*1-2/h7-8H,3-6H2,1-2H3;3H,1-2H3;3*1-2H3. The van der Waals surface area contributed by atoms with Gasteiger partial charge in [-0.15, -0.1) is 0 Å². The van der Waals surface area contributed by atoms with Crippen molar-refractivity contribution < 1.29 is 0 Å². The SMILES string of the molecule is CC.CC.CC.CC1CCCC(C)C1.CNC. The van der Waals surface area contributed by atoms with E-state index in [4.69, 9.17) is 0 Å². The molecule has 2 unspecified atom stereocenters. The van der Waals surface area contributed by atoms with Gasteiger partial charge in [0.2, 0.25) is 0 Å². The highest BCUT2D eigenvalue weighted by Crippen LogP contribution is 2.27. The topological polar surface area (TPSA) is 12.0 Å². The average Bonchev–Trinajstić information content (AvgIpc) is 2.37. The molecule has 0 heterocycles. The number of nitrogens with one attached hydrogen (secondary N) is 1. The maximum absolute atomic E-state index is 2.75. The van der Waals surface area contributed by atoms with Crippen LogP contribution in [-0.4, -0.2) is 14.1 Å². The van der Waals surface area contributed by atoms with Crippen LogP contribution in [0, 0.1) is 11.8 Å². The zero-order chi connectivity index (χ0) is 14.7. The molecular weight excluding hydrogens is 206 g/mol. The van der Waals surface area contributed by atoms with Crippen LogP contribution in [0.25, 0.3) is 0 Å². The Bertz CT molecular complexity index is 73.6. The van der Waals surface area contributed by atoms with Gasteiger partial charge in [0.1, 0.15) is 0 Å². The predicted octanol–water partition coefficient (Wildman–Crippen LogP) is 5.75. The van der Waals surface area contributed by atoms with E-state index in [1.54, 1.807) is 0 Å². The Kier molecular flexibility index (Phi) is 45.0. The highest BCUT2D eigenvalue weighted by molar-refractivity contribution is 4.66. The first-order valence-electron chi connectivity index (χ1n) is 7.79. The molecule has 110 valence electrons. The van der Waals surface area contributed by atoms with Gasteiger partial charge in [0.05, 0.1) is 0 Å². The molecule has 0 aliphatic heterocycles. The van der Waals surface area contributed by atoms with Gasteiger partial charge in [-0.1, -0.05) is 74.7 Å². The average molecular weight is 248 g/mol. The minimum absolute atomic E-state index is 1.01. The molecular formula is C16H41N. The summed E-state index contributed by atoms with van der Waals surface area (Å²) in [6.07, 6.45) is 5.90. The lowest BCUT2D eigenvalue weighted by Crippen LogP contribution is -2.09. The monoisotopic (exact) mass is 247 g/mol. The lowest BCUT2D eigenvalue weighted by molar-refractivity contribution is 0.301. The molecule has 0 aromatic rings. The molecule has 17 heavy (non-hydrogen) atoms. The zero-order valence-electron chi connectivity index (χ0n) is 14.5. The fourth-order valence-electron chi connectivity index (χ4n) is 1.74. The molecule has 1 nitrogen and oxygen atoms in total. The van der Waals surface area contributed by atoms with E-state index in [0.29, 0.717) is 0 Å². The van der Waals surface area contributed by atoms with Crippen LogP contribution in [0.1, 0.15) is 81.1 Å². The van der Waals surface area contributed by atoms with Crippen molar-refractivity contribution in [2.45, 2.75) is 81.1 Å². The lowest BCUT2D eigenvalue weighted by Gasteiger charge is -2.22. The second kappa shape index (κ2) is 29.7. The van der Waals surface area contributed by atoms with Gasteiger partial charge in [-0.25, -0.2) is 0 Å². The molecule has 1 rings (SSSR count). The molecule has 1 heteroatoms. The van der Waals surface area contributed by atoms with Crippen LogP contribution in [0.4, 0.5) is 0 Å². The van der Waals surface area contributed by atoms with Gasteiger partial charge < -0.3 is 5.32 Å². The maximum atomic E-state index is 2.75. The summed E-state index contributed by atoms with van der Waals surface area (Å²) in [7, 11) is 3.75. The third kappa shape index (κ3) is 31.4. The summed E-state index contributed by atoms with van der Waals surface area (Å²) in [4.78, 5) is 0. The molecule has 1 fully saturated rings. The van der Waals surface area contributed by atoms with Crippen molar-refractivity contribution in [3.8, 4) is 0 Å². The van der Waals surface area contributed by atoms with E-state index in [2.05, 4.69) is 19.2 Å². The van der Waals surface area contributed by atoms with Crippen molar-refractivity contribution >= 4 is 0 Å². The van der Waals surface area contributed by atoms with E-state index in [1.807, 2.05) is 55.6 Å². The second-order valence-corrected chi connectivity index (χ2v) is 3.88. The van der Waals surface area contributed by atoms with Crippen LogP contribution in [0.5, 0.6) is 0 Å². The first-order chi connectivity index (χ1) is 8.20. The van der Waals surface area contributed by atoms with E-state index in [0.717, 1.165) is 11.8 Å². The molecule has 1 aliphatic carbocycles. The van der Waals surface area contributed by atoms with Gasteiger partial charge in [0.15, 0.2) is 0 Å². The van der Waals surface area contributed by atoms with Gasteiger partial charge in [-0.2, -0.15) is 0 Å². The number of rotatable bonds is 0. The second-order valence-electron chi connectivity index (χ2n) is 3.88. The van der Waals surface area contributed by atoms with Crippen LogP contribution in [0.2, 0.25) is 0 Å². The smallest absolute Gasteiger partial charge is 0.0167 e. The quantitative estimate of drug-likeness (QED) is 0.575. The summed E-state index contributed by atoms with van der Waals surface area (Å²) < 4.78 is 0. The molecule has 0 aromatic heterocycles. The van der Waals surface area contributed by atoms with Gasteiger partial charge >= 0.3 is 0 Å². The van der Waals surface area contributed by atoms with E-state index >= 15 is 0 Å². The molecule has 1 saturated carbocycles. The molecule has 0 amide bonds. The fourth-order valence-corrected chi connectivity index (χ4v) is 1.74. The first kappa shape index (κ1) is 25.7. The van der Waals surface area contributed by atoms with Crippen molar-refractivity contribution in [3.63, 3.8) is 0 Å². The lowest BCUT2D eigenvalue weighted by atomic mass is 9.84. The van der Waals surface area contributed by atoms with Crippen molar-refractivity contribution in [1.29, 1.82) is 0 Å². The normalized spacial score (nSPS) is 20.8. The Balaban J connectivity index is -0.0000000801. The molecule has 2 atom stereocenters. The fraction of sp³-hybridized carbons (Fsp3) is 1.00. The van der Waals surface area contributed by atoms with Crippen molar-refractivity contribution in [2.24, 2.45) is 11.8 Å². The highest BCUT2D eigenvalue weighted by Gasteiger charge is 2.13. The third-order valence-electron chi connectivity index (χ3n) is 2.20.